The van der Waals surface area contributed by atoms with E-state index < -0.39 is 21.6 Å². The Hall–Kier alpha value is -3.85. The van der Waals surface area contributed by atoms with Gasteiger partial charge in [-0.05, 0) is 62.6 Å². The summed E-state index contributed by atoms with van der Waals surface area (Å²) >= 11 is 0. The zero-order chi connectivity index (χ0) is 30.0. The highest BCUT2D eigenvalue weighted by Gasteiger charge is 2.32. The lowest BCUT2D eigenvalue weighted by atomic mass is 10.00. The van der Waals surface area contributed by atoms with E-state index in [0.29, 0.717) is 17.9 Å². The predicted octanol–water partition coefficient (Wildman–Crippen LogP) is 4.80. The number of nitrogens with zero attached hydrogens (tertiary/aromatic N) is 2. The lowest BCUT2D eigenvalue weighted by Crippen LogP contribution is -2.54. The Bertz CT molecular complexity index is 1370. The Kier molecular flexibility index (Phi) is 10.9. The number of nitrogens with one attached hydrogen (secondary N) is 1. The molecule has 2 amide bonds. The van der Waals surface area contributed by atoms with Crippen molar-refractivity contribution in [2.75, 3.05) is 24.2 Å². The molecule has 0 aromatic heterocycles. The molecule has 0 saturated carbocycles. The molecular weight excluding hydrogens is 538 g/mol. The zero-order valence-corrected chi connectivity index (χ0v) is 25.4. The molecule has 0 aliphatic heterocycles. The molecule has 9 heteroatoms. The van der Waals surface area contributed by atoms with Crippen molar-refractivity contribution in [1.29, 1.82) is 0 Å². The average molecular weight is 580 g/mol. The Morgan fingerprint density at radius 1 is 0.878 bits per heavy atom. The van der Waals surface area contributed by atoms with Gasteiger partial charge in [0.25, 0.3) is 0 Å². The number of rotatable bonds is 13. The molecular formula is C32H41N3O5S. The quantitative estimate of drug-likeness (QED) is 0.314. The van der Waals surface area contributed by atoms with Crippen LogP contribution < -0.4 is 14.4 Å². The van der Waals surface area contributed by atoms with E-state index in [4.69, 9.17) is 4.74 Å². The molecule has 3 aromatic carbocycles. The number of benzene rings is 3. The van der Waals surface area contributed by atoms with E-state index in [1.807, 2.05) is 81.4 Å². The maximum absolute atomic E-state index is 13.9. The van der Waals surface area contributed by atoms with Crippen LogP contribution in [-0.4, -0.2) is 56.6 Å². The number of ether oxygens (including phenoxy) is 1. The van der Waals surface area contributed by atoms with Gasteiger partial charge in [-0.3, -0.25) is 13.9 Å². The van der Waals surface area contributed by atoms with Crippen LogP contribution in [0.15, 0.2) is 84.9 Å². The highest BCUT2D eigenvalue weighted by Crippen LogP contribution is 2.23. The minimum absolute atomic E-state index is 0.0725. The number of anilines is 1. The van der Waals surface area contributed by atoms with E-state index in [1.54, 1.807) is 36.3 Å². The van der Waals surface area contributed by atoms with Crippen molar-refractivity contribution < 1.29 is 22.7 Å². The van der Waals surface area contributed by atoms with Gasteiger partial charge < -0.3 is 15.0 Å². The lowest BCUT2D eigenvalue weighted by molar-refractivity contribution is -0.142. The summed E-state index contributed by atoms with van der Waals surface area (Å²) in [5.41, 5.74) is 1.85. The molecule has 1 unspecified atom stereocenters. The van der Waals surface area contributed by atoms with Crippen LogP contribution in [0.25, 0.3) is 0 Å². The number of hydrogen-bond donors (Lipinski definition) is 1. The van der Waals surface area contributed by atoms with Crippen LogP contribution in [0.5, 0.6) is 5.75 Å². The molecule has 0 radical (unpaired) electrons. The van der Waals surface area contributed by atoms with E-state index >= 15 is 0 Å². The first-order valence-electron chi connectivity index (χ1n) is 13.7. The fourth-order valence-corrected chi connectivity index (χ4v) is 5.50. The number of sulfonamides is 1. The smallest absolute Gasteiger partial charge is 0.243 e. The molecule has 220 valence electrons. The summed E-state index contributed by atoms with van der Waals surface area (Å²) in [5.74, 6) is 0.163. The van der Waals surface area contributed by atoms with Gasteiger partial charge in [0.2, 0.25) is 21.8 Å². The molecule has 0 aliphatic carbocycles. The first-order valence-corrected chi connectivity index (χ1v) is 15.5. The predicted molar refractivity (Wildman–Crippen MR) is 163 cm³/mol. The Morgan fingerprint density at radius 3 is 1.95 bits per heavy atom. The number of carbonyl (C=O) groups is 2. The highest BCUT2D eigenvalue weighted by atomic mass is 32.2. The molecule has 0 spiro atoms. The fraction of sp³-hybridized carbons (Fsp3) is 0.375. The summed E-state index contributed by atoms with van der Waals surface area (Å²) < 4.78 is 31.7. The summed E-state index contributed by atoms with van der Waals surface area (Å²) in [6.07, 6.45) is 1.85. The summed E-state index contributed by atoms with van der Waals surface area (Å²) in [6.45, 7) is 6.10. The normalized spacial score (nSPS) is 12.3. The molecule has 3 rings (SSSR count). The third-order valence-corrected chi connectivity index (χ3v) is 7.67. The second-order valence-electron chi connectivity index (χ2n) is 11.1. The third-order valence-electron chi connectivity index (χ3n) is 6.48. The van der Waals surface area contributed by atoms with Crippen LogP contribution in [-0.2, 0) is 32.6 Å². The minimum Gasteiger partial charge on any atom is -0.497 e. The van der Waals surface area contributed by atoms with Crippen LogP contribution in [0, 0.1) is 0 Å². The Balaban J connectivity index is 1.87. The van der Waals surface area contributed by atoms with Gasteiger partial charge in [-0.25, -0.2) is 8.42 Å². The highest BCUT2D eigenvalue weighted by molar-refractivity contribution is 7.92. The van der Waals surface area contributed by atoms with Crippen molar-refractivity contribution in [1.82, 2.24) is 10.2 Å². The van der Waals surface area contributed by atoms with Gasteiger partial charge in [-0.2, -0.15) is 0 Å². The minimum atomic E-state index is -3.59. The first kappa shape index (κ1) is 31.7. The largest absolute Gasteiger partial charge is 0.497 e. The molecule has 0 fully saturated rings. The number of amides is 2. The van der Waals surface area contributed by atoms with Crippen LogP contribution in [0.1, 0.15) is 44.7 Å². The second kappa shape index (κ2) is 14.2. The van der Waals surface area contributed by atoms with Gasteiger partial charge in [-0.15, -0.1) is 0 Å². The maximum Gasteiger partial charge on any atom is 0.243 e. The van der Waals surface area contributed by atoms with E-state index in [0.717, 1.165) is 17.4 Å². The van der Waals surface area contributed by atoms with E-state index in [-0.39, 0.29) is 37.7 Å². The second-order valence-corrected chi connectivity index (χ2v) is 13.0. The molecule has 1 atom stereocenters. The van der Waals surface area contributed by atoms with Gasteiger partial charge in [0.15, 0.2) is 0 Å². The van der Waals surface area contributed by atoms with Crippen molar-refractivity contribution in [3.63, 3.8) is 0 Å². The summed E-state index contributed by atoms with van der Waals surface area (Å²) in [7, 11) is -2.05. The zero-order valence-electron chi connectivity index (χ0n) is 24.5. The van der Waals surface area contributed by atoms with Crippen molar-refractivity contribution >= 4 is 27.5 Å². The maximum atomic E-state index is 13.9. The summed E-state index contributed by atoms with van der Waals surface area (Å²) in [4.78, 5) is 29.1. The van der Waals surface area contributed by atoms with Crippen molar-refractivity contribution in [2.24, 2.45) is 0 Å². The van der Waals surface area contributed by atoms with Gasteiger partial charge in [0.05, 0.1) is 19.1 Å². The van der Waals surface area contributed by atoms with Gasteiger partial charge in [0.1, 0.15) is 11.8 Å². The van der Waals surface area contributed by atoms with E-state index in [1.165, 1.54) is 4.31 Å². The average Bonchev–Trinajstić information content (AvgIpc) is 2.92. The van der Waals surface area contributed by atoms with Crippen LogP contribution >= 0.6 is 0 Å². The van der Waals surface area contributed by atoms with Crippen LogP contribution in [0.4, 0.5) is 5.69 Å². The standard InChI is InChI=1S/C32H41N3O5S/c1-32(2,3)33-31(37)29(23-25-13-8-6-9-14-25)34(24-26-15-10-7-11-16-26)30(36)17-12-22-35(41(5,38)39)27-18-20-28(40-4)21-19-27/h6-11,13-16,18-21,29H,12,17,22-24H2,1-5H3,(H,33,37). The first-order chi connectivity index (χ1) is 19.4. The molecule has 0 bridgehead atoms. The van der Waals surface area contributed by atoms with E-state index in [9.17, 15) is 18.0 Å². The van der Waals surface area contributed by atoms with Crippen molar-refractivity contribution in [2.45, 2.75) is 58.2 Å². The van der Waals surface area contributed by atoms with Gasteiger partial charge in [-0.1, -0.05) is 60.7 Å². The third kappa shape index (κ3) is 9.93. The molecule has 1 N–H and O–H groups in total. The van der Waals surface area contributed by atoms with E-state index in [2.05, 4.69) is 5.32 Å². The van der Waals surface area contributed by atoms with Crippen molar-refractivity contribution in [3.05, 3.63) is 96.1 Å². The molecule has 0 heterocycles. The lowest BCUT2D eigenvalue weighted by Gasteiger charge is -2.34. The molecule has 0 aliphatic rings. The molecule has 3 aromatic rings. The molecule has 8 nitrogen and oxygen atoms in total. The SMILES string of the molecule is COc1ccc(N(CCCC(=O)N(Cc2ccccc2)C(Cc2ccccc2)C(=O)NC(C)(C)C)S(C)(=O)=O)cc1. The topological polar surface area (TPSA) is 96.0 Å². The number of methoxy groups -OCH3 is 1. The summed E-state index contributed by atoms with van der Waals surface area (Å²) in [5, 5.41) is 3.06. The number of hydrogen-bond acceptors (Lipinski definition) is 5. The Morgan fingerprint density at radius 2 is 1.44 bits per heavy atom. The monoisotopic (exact) mass is 579 g/mol. The van der Waals surface area contributed by atoms with Gasteiger partial charge in [0, 0.05) is 31.5 Å². The Labute approximate surface area is 244 Å². The fourth-order valence-electron chi connectivity index (χ4n) is 4.54. The van der Waals surface area contributed by atoms with Crippen molar-refractivity contribution in [3.8, 4) is 5.75 Å². The number of carbonyl (C=O) groups excluding carboxylic acids is 2. The summed E-state index contributed by atoms with van der Waals surface area (Å²) in [6, 6.07) is 25.2. The molecule has 0 saturated heterocycles. The van der Waals surface area contributed by atoms with Gasteiger partial charge >= 0.3 is 0 Å². The van der Waals surface area contributed by atoms with Crippen LogP contribution in [0.2, 0.25) is 0 Å². The molecule has 41 heavy (non-hydrogen) atoms. The van der Waals surface area contributed by atoms with Crippen LogP contribution in [0.3, 0.4) is 0 Å².